The number of fused-ring (bicyclic) bond motifs is 1. The molecule has 0 aliphatic carbocycles. The predicted molar refractivity (Wildman–Crippen MR) is 174 cm³/mol. The van der Waals surface area contributed by atoms with Gasteiger partial charge < -0.3 is 88.6 Å². The molecule has 0 radical (unpaired) electrons. The van der Waals surface area contributed by atoms with E-state index in [9.17, 15) is 55.9 Å². The van der Waals surface area contributed by atoms with Crippen LogP contribution < -0.4 is 14.9 Å². The van der Waals surface area contributed by atoms with Gasteiger partial charge in [-0.25, -0.2) is 0 Å². The third-order valence-electron chi connectivity index (χ3n) is 9.45. The van der Waals surface area contributed by atoms with Crippen LogP contribution in [-0.2, 0) is 23.7 Å². The van der Waals surface area contributed by atoms with Crippen LogP contribution in [0.2, 0.25) is 0 Å². The minimum atomic E-state index is -1.92. The SMILES string of the molecule is COc1ccc(-c2cc(=O)c3c(O)cc(O[C@@H]4O[C@H](CO)[C@@H](O)[C@H](O)[C@H]4O[C@@H]4O[C@H](CO)[C@@H](O)[C@H](O)[C@H]4O[C@@H]4O[C@@H](C)[C@H](O)[C@@H](O)[C@H]4O)cc3o2)cc1. The molecule has 53 heavy (non-hydrogen) atoms. The molecule has 1 aromatic heterocycles. The Bertz CT molecular complexity index is 1750. The van der Waals surface area contributed by atoms with Crippen LogP contribution in [0, 0.1) is 0 Å². The largest absolute Gasteiger partial charge is 0.507 e. The van der Waals surface area contributed by atoms with Crippen LogP contribution in [0.3, 0.4) is 0 Å². The van der Waals surface area contributed by atoms with Gasteiger partial charge in [-0.3, -0.25) is 4.79 Å². The zero-order valence-corrected chi connectivity index (χ0v) is 28.3. The molecule has 10 N–H and O–H groups in total. The van der Waals surface area contributed by atoms with Crippen LogP contribution in [-0.4, -0.2) is 164 Å². The molecule has 0 spiro atoms. The zero-order chi connectivity index (χ0) is 38.3. The topological polar surface area (TPSA) is 297 Å². The van der Waals surface area contributed by atoms with Gasteiger partial charge in [0, 0.05) is 23.8 Å². The van der Waals surface area contributed by atoms with Gasteiger partial charge in [-0.15, -0.1) is 0 Å². The van der Waals surface area contributed by atoms with Crippen LogP contribution in [0.1, 0.15) is 6.92 Å². The van der Waals surface area contributed by atoms with Gasteiger partial charge in [-0.05, 0) is 31.2 Å². The number of hydrogen-bond donors (Lipinski definition) is 10. The van der Waals surface area contributed by atoms with E-state index in [0.717, 1.165) is 6.07 Å². The van der Waals surface area contributed by atoms with E-state index in [1.165, 1.54) is 26.2 Å². The molecule has 3 aliphatic heterocycles. The Labute approximate surface area is 300 Å². The molecule has 0 saturated carbocycles. The predicted octanol–water partition coefficient (Wildman–Crippen LogP) is -2.97. The van der Waals surface area contributed by atoms with Crippen molar-refractivity contribution in [3.05, 3.63) is 52.7 Å². The standard InChI is InChI=1S/C34H42O19/c1-12-23(39)26(42)29(45)32(47-12)52-31-28(44)25(41)21(11-36)51-34(31)53-30-27(43)24(40)20(10-35)50-33(30)48-15-7-16(37)22-17(38)9-18(49-19(22)8-15)13-3-5-14(46-2)6-4-13/h3-9,12,20-21,23-37,39-45H,10-11H2,1-2H3/t12-,20+,21+,23-,24+,25+,26+,27-,28-,29+,30+,31+,32-,33+,34-/m0/s1. The van der Waals surface area contributed by atoms with Crippen molar-refractivity contribution >= 4 is 11.0 Å². The first-order valence-electron chi connectivity index (χ1n) is 16.6. The molecule has 0 amide bonds. The quantitative estimate of drug-likeness (QED) is 0.0988. The number of rotatable bonds is 10. The van der Waals surface area contributed by atoms with E-state index in [4.69, 9.17) is 37.6 Å². The number of aromatic hydroxyl groups is 1. The smallest absolute Gasteiger partial charge is 0.229 e. The fourth-order valence-corrected chi connectivity index (χ4v) is 6.39. The number of methoxy groups -OCH3 is 1. The highest BCUT2D eigenvalue weighted by Gasteiger charge is 2.54. The van der Waals surface area contributed by atoms with Crippen LogP contribution in [0.25, 0.3) is 22.3 Å². The van der Waals surface area contributed by atoms with E-state index >= 15 is 0 Å². The summed E-state index contributed by atoms with van der Waals surface area (Å²) in [5.41, 5.74) is -0.199. The van der Waals surface area contributed by atoms with Crippen molar-refractivity contribution in [2.45, 2.75) is 99.0 Å². The summed E-state index contributed by atoms with van der Waals surface area (Å²) < 4.78 is 45.6. The molecule has 292 valence electrons. The minimum absolute atomic E-state index is 0.120. The first kappa shape index (κ1) is 39.2. The van der Waals surface area contributed by atoms with Gasteiger partial charge in [-0.1, -0.05) is 0 Å². The van der Waals surface area contributed by atoms with E-state index in [-0.39, 0.29) is 22.5 Å². The Kier molecular flexibility index (Phi) is 11.9. The van der Waals surface area contributed by atoms with Crippen molar-refractivity contribution < 1.29 is 88.6 Å². The Hall–Kier alpha value is -3.51. The van der Waals surface area contributed by atoms with Gasteiger partial charge in [0.1, 0.15) is 95.0 Å². The Balaban J connectivity index is 1.32. The monoisotopic (exact) mass is 754 g/mol. The first-order valence-corrected chi connectivity index (χ1v) is 16.6. The molecule has 15 atom stereocenters. The fraction of sp³-hybridized carbons (Fsp3) is 0.559. The van der Waals surface area contributed by atoms with E-state index < -0.39 is 117 Å². The van der Waals surface area contributed by atoms with Crippen molar-refractivity contribution in [1.29, 1.82) is 0 Å². The minimum Gasteiger partial charge on any atom is -0.507 e. The van der Waals surface area contributed by atoms with Crippen LogP contribution >= 0.6 is 0 Å². The summed E-state index contributed by atoms with van der Waals surface area (Å²) >= 11 is 0. The Morgan fingerprint density at radius 2 is 1.25 bits per heavy atom. The maximum absolute atomic E-state index is 13.0. The third kappa shape index (κ3) is 7.72. The summed E-state index contributed by atoms with van der Waals surface area (Å²) in [4.78, 5) is 13.0. The number of phenolic OH excluding ortho intramolecular Hbond substituents is 1. The van der Waals surface area contributed by atoms with Gasteiger partial charge >= 0.3 is 0 Å². The molecule has 0 unspecified atom stereocenters. The lowest BCUT2D eigenvalue weighted by atomic mass is 9.96. The van der Waals surface area contributed by atoms with E-state index in [0.29, 0.717) is 11.3 Å². The van der Waals surface area contributed by atoms with Crippen molar-refractivity contribution in [1.82, 2.24) is 0 Å². The van der Waals surface area contributed by atoms with Crippen LogP contribution in [0.4, 0.5) is 0 Å². The third-order valence-corrected chi connectivity index (χ3v) is 9.45. The van der Waals surface area contributed by atoms with Gasteiger partial charge in [0.05, 0.1) is 26.4 Å². The van der Waals surface area contributed by atoms with Crippen molar-refractivity contribution in [2.24, 2.45) is 0 Å². The van der Waals surface area contributed by atoms with Crippen LogP contribution in [0.15, 0.2) is 51.7 Å². The highest BCUT2D eigenvalue weighted by atomic mass is 16.8. The molecule has 3 saturated heterocycles. The molecule has 19 nitrogen and oxygen atoms in total. The number of hydrogen-bond acceptors (Lipinski definition) is 19. The van der Waals surface area contributed by atoms with Gasteiger partial charge in [0.2, 0.25) is 6.29 Å². The maximum atomic E-state index is 13.0. The molecule has 3 fully saturated rings. The molecule has 19 heteroatoms. The molecule has 0 bridgehead atoms. The van der Waals surface area contributed by atoms with E-state index in [1.54, 1.807) is 24.3 Å². The number of phenols is 1. The molecule has 3 aliphatic rings. The van der Waals surface area contributed by atoms with Crippen molar-refractivity contribution in [3.63, 3.8) is 0 Å². The second-order valence-electron chi connectivity index (χ2n) is 12.9. The fourth-order valence-electron chi connectivity index (χ4n) is 6.39. The molecule has 6 rings (SSSR count). The normalized spacial score (nSPS) is 37.8. The number of aliphatic hydroxyl groups is 9. The lowest BCUT2D eigenvalue weighted by Crippen LogP contribution is -2.67. The summed E-state index contributed by atoms with van der Waals surface area (Å²) in [6.07, 6.45) is -25.5. The number of aliphatic hydroxyl groups excluding tert-OH is 9. The Morgan fingerprint density at radius 3 is 1.85 bits per heavy atom. The van der Waals surface area contributed by atoms with Gasteiger partial charge in [0.25, 0.3) is 0 Å². The second kappa shape index (κ2) is 16.1. The molecule has 3 aromatic rings. The summed E-state index contributed by atoms with van der Waals surface area (Å²) in [6, 6.07) is 10.1. The highest BCUT2D eigenvalue weighted by molar-refractivity contribution is 5.86. The highest BCUT2D eigenvalue weighted by Crippen LogP contribution is 2.36. The van der Waals surface area contributed by atoms with E-state index in [2.05, 4.69) is 0 Å². The Morgan fingerprint density at radius 1 is 0.660 bits per heavy atom. The average Bonchev–Trinajstić information content (AvgIpc) is 3.14. The summed E-state index contributed by atoms with van der Waals surface area (Å²) in [6.45, 7) is -0.269. The maximum Gasteiger partial charge on any atom is 0.229 e. The summed E-state index contributed by atoms with van der Waals surface area (Å²) in [5, 5.41) is 105. The number of benzene rings is 2. The lowest BCUT2D eigenvalue weighted by molar-refractivity contribution is -0.387. The summed E-state index contributed by atoms with van der Waals surface area (Å²) in [5.74, 6) is -0.0612. The molecular formula is C34H42O19. The molecular weight excluding hydrogens is 712 g/mol. The zero-order valence-electron chi connectivity index (χ0n) is 28.3. The van der Waals surface area contributed by atoms with Crippen molar-refractivity contribution in [2.75, 3.05) is 20.3 Å². The first-order chi connectivity index (χ1) is 25.3. The second-order valence-corrected chi connectivity index (χ2v) is 12.9. The molecule has 4 heterocycles. The average molecular weight is 755 g/mol. The molecule has 2 aromatic carbocycles. The number of ether oxygens (including phenoxy) is 7. The summed E-state index contributed by atoms with van der Waals surface area (Å²) in [7, 11) is 1.49. The van der Waals surface area contributed by atoms with E-state index in [1.807, 2.05) is 0 Å². The van der Waals surface area contributed by atoms with Crippen molar-refractivity contribution in [3.8, 4) is 28.6 Å². The van der Waals surface area contributed by atoms with Gasteiger partial charge in [-0.2, -0.15) is 0 Å². The van der Waals surface area contributed by atoms with Gasteiger partial charge in [0.15, 0.2) is 24.1 Å². The lowest BCUT2D eigenvalue weighted by Gasteiger charge is -2.48. The van der Waals surface area contributed by atoms with Crippen LogP contribution in [0.5, 0.6) is 17.2 Å².